The quantitative estimate of drug-likeness (QED) is 0.696. The molecule has 21 heavy (non-hydrogen) atoms. The summed E-state index contributed by atoms with van der Waals surface area (Å²) in [7, 11) is 0. The Morgan fingerprint density at radius 1 is 0.857 bits per heavy atom. The lowest BCUT2D eigenvalue weighted by Crippen LogP contribution is -2.17. The van der Waals surface area contributed by atoms with Crippen LogP contribution in [0.4, 0.5) is 26.3 Å². The van der Waals surface area contributed by atoms with Crippen LogP contribution in [0.2, 0.25) is 0 Å². The molecular weight excluding hydrogens is 298 g/mol. The third-order valence-corrected chi connectivity index (χ3v) is 2.67. The third kappa shape index (κ3) is 3.48. The van der Waals surface area contributed by atoms with E-state index in [0.29, 0.717) is 0 Å². The van der Waals surface area contributed by atoms with Gasteiger partial charge in [0.15, 0.2) is 0 Å². The molecule has 2 aromatic carbocycles. The summed E-state index contributed by atoms with van der Waals surface area (Å²) < 4.78 is 80.0. The number of hydrogen-bond acceptors (Lipinski definition) is 1. The summed E-state index contributed by atoms with van der Waals surface area (Å²) in [5.74, 6) is -1.93. The van der Waals surface area contributed by atoms with Gasteiger partial charge >= 0.3 is 6.36 Å². The van der Waals surface area contributed by atoms with Gasteiger partial charge in [-0.15, -0.1) is 13.2 Å². The fraction of sp³-hybridized carbons (Fsp3) is 0.143. The number of alkyl halides is 5. The number of benzene rings is 2. The maximum absolute atomic E-state index is 14.0. The average molecular weight is 306 g/mol. The Balaban J connectivity index is 2.55. The van der Waals surface area contributed by atoms with Gasteiger partial charge in [0.05, 0.1) is 5.56 Å². The first-order valence-electron chi connectivity index (χ1n) is 5.71. The molecular formula is C14H8F6O. The van der Waals surface area contributed by atoms with Crippen LogP contribution in [0, 0.1) is 5.82 Å². The molecule has 0 amide bonds. The first-order chi connectivity index (χ1) is 9.79. The zero-order chi connectivity index (χ0) is 15.6. The van der Waals surface area contributed by atoms with E-state index < -0.39 is 29.9 Å². The van der Waals surface area contributed by atoms with Crippen LogP contribution in [0.15, 0.2) is 42.5 Å². The molecule has 0 saturated heterocycles. The SMILES string of the molecule is Fc1c(-c2ccccc2OC(F)(F)F)cccc1C(F)F. The van der Waals surface area contributed by atoms with Crippen molar-refractivity contribution in [1.29, 1.82) is 0 Å². The molecule has 2 rings (SSSR count). The topological polar surface area (TPSA) is 9.23 Å². The van der Waals surface area contributed by atoms with Crippen molar-refractivity contribution in [3.05, 3.63) is 53.8 Å². The van der Waals surface area contributed by atoms with Gasteiger partial charge in [-0.2, -0.15) is 0 Å². The summed E-state index contributed by atoms with van der Waals surface area (Å²) in [6, 6.07) is 7.89. The van der Waals surface area contributed by atoms with Crippen molar-refractivity contribution in [1.82, 2.24) is 0 Å². The zero-order valence-corrected chi connectivity index (χ0v) is 10.3. The highest BCUT2D eigenvalue weighted by Crippen LogP contribution is 2.37. The fourth-order valence-corrected chi connectivity index (χ4v) is 1.83. The lowest BCUT2D eigenvalue weighted by atomic mass is 10.0. The van der Waals surface area contributed by atoms with Gasteiger partial charge in [-0.1, -0.05) is 36.4 Å². The van der Waals surface area contributed by atoms with Gasteiger partial charge in [0.25, 0.3) is 6.43 Å². The van der Waals surface area contributed by atoms with Crippen molar-refractivity contribution in [3.63, 3.8) is 0 Å². The minimum absolute atomic E-state index is 0.255. The maximum Gasteiger partial charge on any atom is 0.573 e. The molecule has 0 aliphatic carbocycles. The highest BCUT2D eigenvalue weighted by molar-refractivity contribution is 5.71. The van der Waals surface area contributed by atoms with Gasteiger partial charge in [-0.3, -0.25) is 0 Å². The summed E-state index contributed by atoms with van der Waals surface area (Å²) in [6.45, 7) is 0. The molecule has 0 unspecified atom stereocenters. The molecule has 0 atom stereocenters. The summed E-state index contributed by atoms with van der Waals surface area (Å²) in [4.78, 5) is 0. The second-order valence-electron chi connectivity index (χ2n) is 4.05. The zero-order valence-electron chi connectivity index (χ0n) is 10.3. The summed E-state index contributed by atoms with van der Waals surface area (Å²) in [6.07, 6.45) is -8.03. The lowest BCUT2D eigenvalue weighted by Gasteiger charge is -2.14. The van der Waals surface area contributed by atoms with Crippen LogP contribution in [0.1, 0.15) is 12.0 Å². The normalized spacial score (nSPS) is 11.8. The van der Waals surface area contributed by atoms with Crippen LogP contribution in [0.5, 0.6) is 5.75 Å². The van der Waals surface area contributed by atoms with E-state index in [2.05, 4.69) is 4.74 Å². The second kappa shape index (κ2) is 5.67. The Bertz CT molecular complexity index is 636. The number of rotatable bonds is 3. The van der Waals surface area contributed by atoms with E-state index in [9.17, 15) is 26.3 Å². The molecule has 0 aromatic heterocycles. The van der Waals surface area contributed by atoms with E-state index in [4.69, 9.17) is 0 Å². The van der Waals surface area contributed by atoms with Crippen LogP contribution in [0.25, 0.3) is 11.1 Å². The predicted octanol–water partition coefficient (Wildman–Crippen LogP) is 5.33. The molecule has 2 aromatic rings. The standard InChI is InChI=1S/C14H8F6O/c15-12-9(5-3-6-10(12)13(16)17)8-4-1-2-7-11(8)21-14(18,19)20/h1-7,13H. The van der Waals surface area contributed by atoms with E-state index >= 15 is 0 Å². The largest absolute Gasteiger partial charge is 0.573 e. The molecule has 0 saturated carbocycles. The maximum atomic E-state index is 14.0. The van der Waals surface area contributed by atoms with Gasteiger partial charge in [0.1, 0.15) is 11.6 Å². The highest BCUT2D eigenvalue weighted by Gasteiger charge is 2.32. The fourth-order valence-electron chi connectivity index (χ4n) is 1.83. The first kappa shape index (κ1) is 15.2. The number of hydrogen-bond donors (Lipinski definition) is 0. The highest BCUT2D eigenvalue weighted by atomic mass is 19.4. The Hall–Kier alpha value is -2.18. The van der Waals surface area contributed by atoms with Gasteiger partial charge in [-0.25, -0.2) is 13.2 Å². The van der Waals surface area contributed by atoms with E-state index in [1.54, 1.807) is 0 Å². The molecule has 0 bridgehead atoms. The Kier molecular flexibility index (Phi) is 4.11. The average Bonchev–Trinajstić information content (AvgIpc) is 2.38. The van der Waals surface area contributed by atoms with Crippen LogP contribution < -0.4 is 4.74 Å². The molecule has 1 nitrogen and oxygen atoms in total. The molecule has 0 fully saturated rings. The van der Waals surface area contributed by atoms with Crippen molar-refractivity contribution in [2.24, 2.45) is 0 Å². The van der Waals surface area contributed by atoms with Crippen LogP contribution in [0.3, 0.4) is 0 Å². The molecule has 0 spiro atoms. The number of halogens is 6. The summed E-state index contributed by atoms with van der Waals surface area (Å²) >= 11 is 0. The molecule has 112 valence electrons. The van der Waals surface area contributed by atoms with Crippen molar-refractivity contribution >= 4 is 0 Å². The Morgan fingerprint density at radius 2 is 1.48 bits per heavy atom. The summed E-state index contributed by atoms with van der Waals surface area (Å²) in [5, 5.41) is 0. The monoisotopic (exact) mass is 306 g/mol. The molecule has 0 aliphatic heterocycles. The number of para-hydroxylation sites is 1. The van der Waals surface area contributed by atoms with Gasteiger partial charge < -0.3 is 4.74 Å². The lowest BCUT2D eigenvalue weighted by molar-refractivity contribution is -0.274. The van der Waals surface area contributed by atoms with E-state index in [0.717, 1.165) is 30.3 Å². The molecule has 0 heterocycles. The van der Waals surface area contributed by atoms with Gasteiger partial charge in [0.2, 0.25) is 0 Å². The van der Waals surface area contributed by atoms with Crippen molar-refractivity contribution in [2.45, 2.75) is 12.8 Å². The minimum atomic E-state index is -4.97. The summed E-state index contributed by atoms with van der Waals surface area (Å²) in [5.41, 5.74) is -1.52. The second-order valence-corrected chi connectivity index (χ2v) is 4.05. The van der Waals surface area contributed by atoms with Crippen molar-refractivity contribution in [2.75, 3.05) is 0 Å². The van der Waals surface area contributed by atoms with E-state index in [1.165, 1.54) is 12.1 Å². The smallest absolute Gasteiger partial charge is 0.405 e. The van der Waals surface area contributed by atoms with Crippen LogP contribution in [-0.2, 0) is 0 Å². The number of ether oxygens (including phenoxy) is 1. The van der Waals surface area contributed by atoms with E-state index in [1.807, 2.05) is 0 Å². The van der Waals surface area contributed by atoms with Crippen molar-refractivity contribution < 1.29 is 31.1 Å². The van der Waals surface area contributed by atoms with Gasteiger partial charge in [0, 0.05) is 11.1 Å². The van der Waals surface area contributed by atoms with Crippen LogP contribution >= 0.6 is 0 Å². The Morgan fingerprint density at radius 3 is 2.10 bits per heavy atom. The van der Waals surface area contributed by atoms with Crippen LogP contribution in [-0.4, -0.2) is 6.36 Å². The molecule has 0 radical (unpaired) electrons. The minimum Gasteiger partial charge on any atom is -0.405 e. The first-order valence-corrected chi connectivity index (χ1v) is 5.71. The molecule has 0 N–H and O–H groups in total. The van der Waals surface area contributed by atoms with Gasteiger partial charge in [-0.05, 0) is 6.07 Å². The molecule has 7 heteroatoms. The Labute approximate surface area is 115 Å². The van der Waals surface area contributed by atoms with Crippen molar-refractivity contribution in [3.8, 4) is 16.9 Å². The van der Waals surface area contributed by atoms with E-state index in [-0.39, 0.29) is 11.1 Å². The molecule has 0 aliphatic rings. The third-order valence-electron chi connectivity index (χ3n) is 2.67. The predicted molar refractivity (Wildman–Crippen MR) is 63.5 cm³/mol.